The predicted molar refractivity (Wildman–Crippen MR) is 75.3 cm³/mol. The first-order valence-electron chi connectivity index (χ1n) is 7.16. The molecule has 106 valence electrons. The summed E-state index contributed by atoms with van der Waals surface area (Å²) in [5.74, 6) is -0.215. The maximum atomic E-state index is 12.6. The molecule has 1 saturated carbocycles. The summed E-state index contributed by atoms with van der Waals surface area (Å²) < 4.78 is 0. The Kier molecular flexibility index (Phi) is 3.04. The summed E-state index contributed by atoms with van der Waals surface area (Å²) in [6.45, 7) is 4.00. The molecule has 4 heteroatoms. The highest BCUT2D eigenvalue weighted by molar-refractivity contribution is 6.22. The summed E-state index contributed by atoms with van der Waals surface area (Å²) in [5.41, 5.74) is 1.25. The van der Waals surface area contributed by atoms with E-state index < -0.39 is 0 Å². The van der Waals surface area contributed by atoms with E-state index >= 15 is 0 Å². The molecule has 0 bridgehead atoms. The van der Waals surface area contributed by atoms with E-state index in [1.165, 1.54) is 11.0 Å². The van der Waals surface area contributed by atoms with Gasteiger partial charge >= 0.3 is 0 Å². The first kappa shape index (κ1) is 13.2. The zero-order chi connectivity index (χ0) is 14.4. The third-order valence-electron chi connectivity index (χ3n) is 4.56. The molecule has 1 aromatic rings. The lowest BCUT2D eigenvalue weighted by atomic mass is 9.76. The van der Waals surface area contributed by atoms with Crippen LogP contribution in [0.3, 0.4) is 0 Å². The Balaban J connectivity index is 2.00. The van der Waals surface area contributed by atoms with Crippen LogP contribution in [0.4, 0.5) is 5.69 Å². The van der Waals surface area contributed by atoms with Gasteiger partial charge in [-0.25, -0.2) is 4.90 Å². The molecule has 1 aromatic carbocycles. The largest absolute Gasteiger partial charge is 0.506 e. The lowest BCUT2D eigenvalue weighted by molar-refractivity contribution is -0.122. The fourth-order valence-electron chi connectivity index (χ4n) is 3.44. The molecule has 20 heavy (non-hydrogen) atoms. The highest BCUT2D eigenvalue weighted by atomic mass is 16.3. The molecule has 2 fully saturated rings. The van der Waals surface area contributed by atoms with Gasteiger partial charge in [-0.1, -0.05) is 13.0 Å². The van der Waals surface area contributed by atoms with Crippen molar-refractivity contribution in [2.24, 2.45) is 17.8 Å². The Labute approximate surface area is 118 Å². The number of rotatable bonds is 1. The Bertz CT molecular complexity index is 581. The number of phenolic OH excluding ortho intramolecular Hbond substituents is 1. The minimum Gasteiger partial charge on any atom is -0.506 e. The maximum absolute atomic E-state index is 12.6. The molecule has 0 aromatic heterocycles. The highest BCUT2D eigenvalue weighted by Crippen LogP contribution is 2.43. The SMILES string of the molecule is Cc1ccc(O)c(N2C(=O)[C@H]3C[C@H](C)CC[C@H]3C2=O)c1. The summed E-state index contributed by atoms with van der Waals surface area (Å²) in [4.78, 5) is 26.3. The number of phenols is 1. The number of fused-ring (bicyclic) bond motifs is 1. The summed E-state index contributed by atoms with van der Waals surface area (Å²) in [6, 6.07) is 5.00. The van der Waals surface area contributed by atoms with E-state index in [9.17, 15) is 14.7 Å². The lowest BCUT2D eigenvalue weighted by Gasteiger charge is -2.25. The standard InChI is InChI=1S/C16H19NO3/c1-9-3-5-11-12(7-9)16(20)17(15(11)19)13-8-10(2)4-6-14(13)18/h4,6,8-9,11-12,18H,3,5,7H2,1-2H3/t9-,11-,12+/m1/s1. The van der Waals surface area contributed by atoms with Crippen LogP contribution in [-0.2, 0) is 9.59 Å². The number of aryl methyl sites for hydroxylation is 1. The smallest absolute Gasteiger partial charge is 0.237 e. The normalized spacial score (nSPS) is 29.7. The number of aromatic hydroxyl groups is 1. The zero-order valence-electron chi connectivity index (χ0n) is 11.8. The van der Waals surface area contributed by atoms with Gasteiger partial charge in [0, 0.05) is 0 Å². The minimum atomic E-state index is -0.203. The Morgan fingerprint density at radius 2 is 1.85 bits per heavy atom. The molecule has 1 aliphatic carbocycles. The zero-order valence-corrected chi connectivity index (χ0v) is 11.8. The van der Waals surface area contributed by atoms with Crippen molar-refractivity contribution in [2.75, 3.05) is 4.90 Å². The predicted octanol–water partition coefficient (Wildman–Crippen LogP) is 2.63. The number of imide groups is 1. The number of hydrogen-bond acceptors (Lipinski definition) is 3. The Morgan fingerprint density at radius 1 is 1.15 bits per heavy atom. The highest BCUT2D eigenvalue weighted by Gasteiger charge is 2.50. The van der Waals surface area contributed by atoms with E-state index in [0.29, 0.717) is 11.6 Å². The van der Waals surface area contributed by atoms with Crippen molar-refractivity contribution in [3.63, 3.8) is 0 Å². The van der Waals surface area contributed by atoms with Crippen molar-refractivity contribution in [3.05, 3.63) is 23.8 Å². The second kappa shape index (κ2) is 4.62. The third-order valence-corrected chi connectivity index (χ3v) is 4.56. The number of carbonyl (C=O) groups is 2. The average molecular weight is 273 g/mol. The van der Waals surface area contributed by atoms with Crippen molar-refractivity contribution < 1.29 is 14.7 Å². The molecule has 1 N–H and O–H groups in total. The van der Waals surface area contributed by atoms with Gasteiger partial charge in [-0.2, -0.15) is 0 Å². The average Bonchev–Trinajstić information content (AvgIpc) is 2.65. The van der Waals surface area contributed by atoms with Crippen molar-refractivity contribution in [1.29, 1.82) is 0 Å². The van der Waals surface area contributed by atoms with Crippen molar-refractivity contribution in [1.82, 2.24) is 0 Å². The number of anilines is 1. The van der Waals surface area contributed by atoms with Crippen LogP contribution in [0.2, 0.25) is 0 Å². The molecular formula is C16H19NO3. The minimum absolute atomic E-state index is 0.0102. The van der Waals surface area contributed by atoms with Gasteiger partial charge in [0.1, 0.15) is 5.75 Å². The first-order chi connectivity index (χ1) is 9.49. The van der Waals surface area contributed by atoms with Gasteiger partial charge in [0.25, 0.3) is 0 Å². The van der Waals surface area contributed by atoms with Crippen LogP contribution in [0, 0.1) is 24.7 Å². The van der Waals surface area contributed by atoms with Crippen LogP contribution in [0.5, 0.6) is 5.75 Å². The number of hydrogen-bond donors (Lipinski definition) is 1. The monoisotopic (exact) mass is 273 g/mol. The van der Waals surface area contributed by atoms with Crippen LogP contribution in [0.15, 0.2) is 18.2 Å². The van der Waals surface area contributed by atoms with Gasteiger partial charge < -0.3 is 5.11 Å². The topological polar surface area (TPSA) is 57.6 Å². The van der Waals surface area contributed by atoms with E-state index in [1.54, 1.807) is 12.1 Å². The number of carbonyl (C=O) groups excluding carboxylic acids is 2. The molecule has 1 aliphatic heterocycles. The summed E-state index contributed by atoms with van der Waals surface area (Å²) in [6.07, 6.45) is 2.55. The third kappa shape index (κ3) is 1.90. The molecule has 4 nitrogen and oxygen atoms in total. The fraction of sp³-hybridized carbons (Fsp3) is 0.500. The van der Waals surface area contributed by atoms with E-state index in [-0.39, 0.29) is 29.4 Å². The maximum Gasteiger partial charge on any atom is 0.237 e. The van der Waals surface area contributed by atoms with Gasteiger partial charge in [-0.3, -0.25) is 9.59 Å². The molecule has 2 amide bonds. The summed E-state index contributed by atoms with van der Waals surface area (Å²) in [7, 11) is 0. The molecule has 3 rings (SSSR count). The second-order valence-corrected chi connectivity index (χ2v) is 6.14. The van der Waals surface area contributed by atoms with Crippen molar-refractivity contribution in [2.45, 2.75) is 33.1 Å². The van der Waals surface area contributed by atoms with Gasteiger partial charge in [-0.15, -0.1) is 0 Å². The van der Waals surface area contributed by atoms with Crippen molar-refractivity contribution >= 4 is 17.5 Å². The van der Waals surface area contributed by atoms with Crippen LogP contribution in [-0.4, -0.2) is 16.9 Å². The van der Waals surface area contributed by atoms with Crippen LogP contribution in [0.25, 0.3) is 0 Å². The lowest BCUT2D eigenvalue weighted by Crippen LogP contribution is -2.31. The molecule has 0 unspecified atom stereocenters. The van der Waals surface area contributed by atoms with E-state index in [2.05, 4.69) is 6.92 Å². The molecular weight excluding hydrogens is 254 g/mol. The number of benzene rings is 1. The molecule has 2 aliphatic rings. The van der Waals surface area contributed by atoms with E-state index in [0.717, 1.165) is 24.8 Å². The van der Waals surface area contributed by atoms with E-state index in [1.807, 2.05) is 6.92 Å². The van der Waals surface area contributed by atoms with Crippen molar-refractivity contribution in [3.8, 4) is 5.75 Å². The van der Waals surface area contributed by atoms with Gasteiger partial charge in [0.15, 0.2) is 0 Å². The molecule has 3 atom stereocenters. The van der Waals surface area contributed by atoms with Gasteiger partial charge in [0.2, 0.25) is 11.8 Å². The fourth-order valence-corrected chi connectivity index (χ4v) is 3.44. The number of amides is 2. The van der Waals surface area contributed by atoms with Crippen LogP contribution in [0.1, 0.15) is 31.7 Å². The van der Waals surface area contributed by atoms with Gasteiger partial charge in [0.05, 0.1) is 17.5 Å². The van der Waals surface area contributed by atoms with Gasteiger partial charge in [-0.05, 0) is 49.8 Å². The number of nitrogens with zero attached hydrogens (tertiary/aromatic N) is 1. The van der Waals surface area contributed by atoms with Crippen LogP contribution < -0.4 is 4.90 Å². The summed E-state index contributed by atoms with van der Waals surface area (Å²) >= 11 is 0. The Morgan fingerprint density at radius 3 is 2.60 bits per heavy atom. The van der Waals surface area contributed by atoms with E-state index in [4.69, 9.17) is 0 Å². The second-order valence-electron chi connectivity index (χ2n) is 6.14. The molecule has 1 saturated heterocycles. The first-order valence-corrected chi connectivity index (χ1v) is 7.16. The quantitative estimate of drug-likeness (QED) is 0.800. The molecule has 0 spiro atoms. The molecule has 0 radical (unpaired) electrons. The Hall–Kier alpha value is -1.84. The summed E-state index contributed by atoms with van der Waals surface area (Å²) in [5, 5.41) is 9.97. The van der Waals surface area contributed by atoms with Crippen LogP contribution >= 0.6 is 0 Å². The molecule has 1 heterocycles.